The van der Waals surface area contributed by atoms with E-state index in [0.29, 0.717) is 19.3 Å². The van der Waals surface area contributed by atoms with Crippen molar-refractivity contribution in [3.8, 4) is 0 Å². The van der Waals surface area contributed by atoms with Crippen molar-refractivity contribution in [2.75, 3.05) is 13.1 Å². The molecule has 0 saturated carbocycles. The van der Waals surface area contributed by atoms with E-state index in [1.165, 1.54) is 11.8 Å². The third-order valence-electron chi connectivity index (χ3n) is 5.01. The lowest BCUT2D eigenvalue weighted by Crippen LogP contribution is -2.51. The van der Waals surface area contributed by atoms with Gasteiger partial charge in [-0.25, -0.2) is 4.79 Å². The van der Waals surface area contributed by atoms with E-state index in [1.54, 1.807) is 13.8 Å². The summed E-state index contributed by atoms with van der Waals surface area (Å²) in [5.74, 6) is -1.08. The Bertz CT molecular complexity index is 898. The van der Waals surface area contributed by atoms with Gasteiger partial charge < -0.3 is 25.5 Å². The van der Waals surface area contributed by atoms with Crippen molar-refractivity contribution in [1.82, 2.24) is 16.0 Å². The van der Waals surface area contributed by atoms with E-state index in [9.17, 15) is 19.2 Å². The van der Waals surface area contributed by atoms with Gasteiger partial charge in [-0.05, 0) is 51.2 Å². The number of hydrogen-bond acceptors (Lipinski definition) is 6. The minimum absolute atomic E-state index is 0.0168. The molecule has 1 aromatic carbocycles. The van der Waals surface area contributed by atoms with Gasteiger partial charge in [0.05, 0.1) is 8.78 Å². The smallest absolute Gasteiger partial charge is 0.407 e. The Morgan fingerprint density at radius 1 is 1.30 bits per heavy atom. The number of aldehydes is 1. The number of ether oxygens (including phenoxy) is 1. The molecule has 0 aliphatic carbocycles. The maximum Gasteiger partial charge on any atom is 0.407 e. The van der Waals surface area contributed by atoms with Crippen molar-refractivity contribution in [1.29, 1.82) is 0 Å². The van der Waals surface area contributed by atoms with Gasteiger partial charge in [-0.1, -0.05) is 32.0 Å². The van der Waals surface area contributed by atoms with Gasteiger partial charge in [0.1, 0.15) is 18.9 Å². The van der Waals surface area contributed by atoms with E-state index in [-0.39, 0.29) is 30.6 Å². The second-order valence-corrected chi connectivity index (χ2v) is 10.7. The van der Waals surface area contributed by atoms with Gasteiger partial charge in [0.15, 0.2) is 0 Å². The second-order valence-electron chi connectivity index (χ2n) is 9.01. The van der Waals surface area contributed by atoms with Crippen LogP contribution in [0.5, 0.6) is 0 Å². The lowest BCUT2D eigenvalue weighted by atomic mass is 9.98. The summed E-state index contributed by atoms with van der Waals surface area (Å²) < 4.78 is 20.8. The number of rotatable bonds is 12. The van der Waals surface area contributed by atoms with E-state index < -0.39 is 35.4 Å². The van der Waals surface area contributed by atoms with Gasteiger partial charge in [0, 0.05) is 22.1 Å². The predicted molar refractivity (Wildman–Crippen MR) is 128 cm³/mol. The molecule has 1 aliphatic heterocycles. The van der Waals surface area contributed by atoms with Crippen LogP contribution in [0.4, 0.5) is 4.79 Å². The van der Waals surface area contributed by atoms with Crippen LogP contribution in [-0.4, -0.2) is 54.1 Å². The summed E-state index contributed by atoms with van der Waals surface area (Å²) in [5.41, 5.74) is 0. The van der Waals surface area contributed by atoms with Crippen molar-refractivity contribution in [2.24, 2.45) is 11.8 Å². The molecule has 3 N–H and O–H groups in total. The van der Waals surface area contributed by atoms with E-state index in [0.717, 1.165) is 4.90 Å². The molecule has 1 saturated heterocycles. The van der Waals surface area contributed by atoms with Crippen LogP contribution >= 0.6 is 11.8 Å². The minimum Gasteiger partial charge on any atom is -0.448 e. The average Bonchev–Trinajstić information content (AvgIpc) is 3.16. The van der Waals surface area contributed by atoms with Crippen molar-refractivity contribution in [3.05, 3.63) is 30.3 Å². The Morgan fingerprint density at radius 2 is 2.00 bits per heavy atom. The Balaban J connectivity index is 2.02. The highest BCUT2D eigenvalue weighted by atomic mass is 32.2. The number of alkyl carbamates (subject to hydrolysis) is 1. The zero-order valence-electron chi connectivity index (χ0n) is 21.6. The highest BCUT2D eigenvalue weighted by Crippen LogP contribution is 2.32. The monoisotopic (exact) mass is 479 g/mol. The van der Waals surface area contributed by atoms with Crippen molar-refractivity contribution >= 4 is 36.0 Å². The number of benzene rings is 1. The Morgan fingerprint density at radius 3 is 2.58 bits per heavy atom. The number of amides is 3. The minimum atomic E-state index is -2.36. The zero-order valence-corrected chi connectivity index (χ0v) is 20.4. The predicted octanol–water partition coefficient (Wildman–Crippen LogP) is 2.91. The second kappa shape index (κ2) is 12.6. The SMILES string of the molecule is [2H]C([2H])(OC(=O)N[C@@H](CC(C)C)C(=O)N[C@H](C=O)C[C@@H]1CCNC1=O)C(C)(C)Sc1ccccc1. The molecule has 8 nitrogen and oxygen atoms in total. The largest absolute Gasteiger partial charge is 0.448 e. The molecule has 1 aliphatic rings. The number of thioether (sulfide) groups is 1. The standard InChI is InChI=1S/C24H35N3O5S/c1-16(2)12-20(22(30)26-18(14-28)13-17-10-11-25-21(17)29)27-23(31)32-15-24(3,4)33-19-8-6-5-7-9-19/h5-9,14,16-18,20H,10-13,15H2,1-4H3,(H,25,29)(H,26,30)(H,27,31)/t17-,18-,20-/m0/s1/i15D2. The van der Waals surface area contributed by atoms with Crippen LogP contribution in [0.3, 0.4) is 0 Å². The molecule has 1 heterocycles. The first-order valence-corrected chi connectivity index (χ1v) is 11.9. The molecule has 0 radical (unpaired) electrons. The highest BCUT2D eigenvalue weighted by Gasteiger charge is 2.30. The lowest BCUT2D eigenvalue weighted by Gasteiger charge is -2.26. The lowest BCUT2D eigenvalue weighted by molar-refractivity contribution is -0.127. The van der Waals surface area contributed by atoms with Crippen LogP contribution in [0.1, 0.15) is 49.7 Å². The van der Waals surface area contributed by atoms with Crippen molar-refractivity contribution in [3.63, 3.8) is 0 Å². The molecule has 3 amide bonds. The molecule has 1 aromatic rings. The fourth-order valence-electron chi connectivity index (χ4n) is 3.46. The van der Waals surface area contributed by atoms with Crippen LogP contribution in [0, 0.1) is 11.8 Å². The molecule has 0 spiro atoms. The molecular formula is C24H35N3O5S. The summed E-state index contributed by atoms with van der Waals surface area (Å²) in [5, 5.41) is 7.75. The molecule has 182 valence electrons. The van der Waals surface area contributed by atoms with Gasteiger partial charge in [-0.3, -0.25) is 9.59 Å². The third kappa shape index (κ3) is 9.45. The van der Waals surface area contributed by atoms with Crippen molar-refractivity contribution < 1.29 is 26.7 Å². The quantitative estimate of drug-likeness (QED) is 0.314. The topological polar surface area (TPSA) is 114 Å². The Labute approximate surface area is 202 Å². The molecule has 9 heteroatoms. The molecule has 0 bridgehead atoms. The zero-order chi connectivity index (χ0) is 26.2. The molecule has 33 heavy (non-hydrogen) atoms. The number of carbonyl (C=O) groups excluding carboxylic acids is 4. The number of nitrogens with one attached hydrogen (secondary N) is 3. The molecule has 0 unspecified atom stereocenters. The van der Waals surface area contributed by atoms with Crippen LogP contribution in [0.2, 0.25) is 0 Å². The first-order chi connectivity index (χ1) is 16.3. The van der Waals surface area contributed by atoms with Crippen LogP contribution in [0.15, 0.2) is 35.2 Å². The van der Waals surface area contributed by atoms with Crippen molar-refractivity contribution in [2.45, 2.75) is 68.7 Å². The fraction of sp³-hybridized carbons (Fsp3) is 0.583. The molecule has 3 atom stereocenters. The summed E-state index contributed by atoms with van der Waals surface area (Å²) in [4.78, 5) is 49.7. The summed E-state index contributed by atoms with van der Waals surface area (Å²) in [6.45, 7) is 5.16. The molecule has 2 rings (SSSR count). The number of hydrogen-bond donors (Lipinski definition) is 3. The van der Waals surface area contributed by atoms with E-state index >= 15 is 0 Å². The summed E-state index contributed by atoms with van der Waals surface area (Å²) in [6.07, 6.45) is 0.520. The molecule has 0 aromatic heterocycles. The van der Waals surface area contributed by atoms with Crippen LogP contribution < -0.4 is 16.0 Å². The first kappa shape index (κ1) is 23.6. The van der Waals surface area contributed by atoms with Crippen LogP contribution in [-0.2, 0) is 19.1 Å². The van der Waals surface area contributed by atoms with Gasteiger partial charge in [-0.2, -0.15) is 0 Å². The van der Waals surface area contributed by atoms with Gasteiger partial charge >= 0.3 is 6.09 Å². The fourth-order valence-corrected chi connectivity index (χ4v) is 4.42. The van der Waals surface area contributed by atoms with E-state index in [1.807, 2.05) is 44.2 Å². The average molecular weight is 480 g/mol. The third-order valence-corrected chi connectivity index (χ3v) is 6.12. The summed E-state index contributed by atoms with van der Waals surface area (Å²) in [7, 11) is 0. The first-order valence-electron chi connectivity index (χ1n) is 12.1. The van der Waals surface area contributed by atoms with E-state index in [4.69, 9.17) is 7.48 Å². The highest BCUT2D eigenvalue weighted by molar-refractivity contribution is 8.00. The van der Waals surface area contributed by atoms with E-state index in [2.05, 4.69) is 16.0 Å². The van der Waals surface area contributed by atoms with Gasteiger partial charge in [0.2, 0.25) is 11.8 Å². The van der Waals surface area contributed by atoms with Crippen LogP contribution in [0.25, 0.3) is 0 Å². The number of carbonyl (C=O) groups is 4. The molecular weight excluding hydrogens is 442 g/mol. The normalized spacial score (nSPS) is 19.1. The summed E-state index contributed by atoms with van der Waals surface area (Å²) in [6, 6.07) is 7.28. The van der Waals surface area contributed by atoms with Gasteiger partial charge in [-0.15, -0.1) is 11.8 Å². The Kier molecular flexibility index (Phi) is 9.03. The van der Waals surface area contributed by atoms with Gasteiger partial charge in [0.25, 0.3) is 0 Å². The maximum absolute atomic E-state index is 12.9. The summed E-state index contributed by atoms with van der Waals surface area (Å²) >= 11 is 1.23. The Hall–Kier alpha value is -2.55. The molecule has 1 fully saturated rings. The maximum atomic E-state index is 12.9.